The fraction of sp³-hybridized carbons (Fsp3) is 0.348. The van der Waals surface area contributed by atoms with Gasteiger partial charge in [-0.05, 0) is 43.8 Å². The summed E-state index contributed by atoms with van der Waals surface area (Å²) in [6.45, 7) is 1.80. The van der Waals surface area contributed by atoms with Crippen molar-refractivity contribution in [3.63, 3.8) is 0 Å². The van der Waals surface area contributed by atoms with Crippen molar-refractivity contribution in [1.82, 2.24) is 19.9 Å². The molecule has 0 amide bonds. The third-order valence-corrected chi connectivity index (χ3v) is 6.25. The number of benzene rings is 1. The molecule has 7 nitrogen and oxygen atoms in total. The first-order valence-corrected chi connectivity index (χ1v) is 10.6. The number of hydrogen-bond donors (Lipinski definition) is 1. The monoisotopic (exact) mass is 437 g/mol. The molecule has 2 aliphatic rings. The van der Waals surface area contributed by atoms with Gasteiger partial charge in [-0.2, -0.15) is 0 Å². The fourth-order valence-electron chi connectivity index (χ4n) is 4.53. The molecule has 1 N–H and O–H groups in total. The van der Waals surface area contributed by atoms with Crippen LogP contribution in [0.5, 0.6) is 0 Å². The summed E-state index contributed by atoms with van der Waals surface area (Å²) in [5.41, 5.74) is 1.79. The quantitative estimate of drug-likeness (QED) is 0.655. The minimum Gasteiger partial charge on any atom is -0.363 e. The number of aromatic nitrogens is 3. The molecule has 166 valence electrons. The Morgan fingerprint density at radius 3 is 2.47 bits per heavy atom. The van der Waals surface area contributed by atoms with Crippen LogP contribution in [-0.4, -0.2) is 66.2 Å². The number of likely N-dealkylation sites (N-methyl/N-ethyl adjacent to an activating group) is 1. The lowest BCUT2D eigenvalue weighted by molar-refractivity contribution is 0.292. The molecule has 9 heteroatoms. The molecule has 32 heavy (non-hydrogen) atoms. The summed E-state index contributed by atoms with van der Waals surface area (Å²) >= 11 is 0. The van der Waals surface area contributed by atoms with Crippen LogP contribution in [-0.2, 0) is 0 Å². The van der Waals surface area contributed by atoms with Crippen molar-refractivity contribution in [3.05, 3.63) is 54.4 Å². The van der Waals surface area contributed by atoms with Gasteiger partial charge in [0, 0.05) is 56.7 Å². The maximum absolute atomic E-state index is 14.9. The van der Waals surface area contributed by atoms with E-state index in [4.69, 9.17) is 0 Å². The number of pyridine rings is 1. The molecule has 0 aliphatic carbocycles. The first-order chi connectivity index (χ1) is 15.4. The third kappa shape index (κ3) is 3.73. The normalized spacial score (nSPS) is 20.1. The first kappa shape index (κ1) is 20.6. The lowest BCUT2D eigenvalue weighted by atomic mass is 10.2. The van der Waals surface area contributed by atoms with Crippen LogP contribution in [0.15, 0.2) is 42.7 Å². The van der Waals surface area contributed by atoms with E-state index in [9.17, 15) is 8.78 Å². The number of nitrogens with one attached hydrogen (secondary N) is 1. The summed E-state index contributed by atoms with van der Waals surface area (Å²) in [4.78, 5) is 19.0. The Labute approximate surface area is 185 Å². The summed E-state index contributed by atoms with van der Waals surface area (Å²) in [7, 11) is 5.88. The Morgan fingerprint density at radius 1 is 1.00 bits per heavy atom. The summed E-state index contributed by atoms with van der Waals surface area (Å²) in [5, 5.41) is 2.99. The summed E-state index contributed by atoms with van der Waals surface area (Å²) in [6.07, 6.45) is 3.75. The highest BCUT2D eigenvalue weighted by atomic mass is 19.1. The van der Waals surface area contributed by atoms with Crippen molar-refractivity contribution in [2.24, 2.45) is 0 Å². The third-order valence-electron chi connectivity index (χ3n) is 6.25. The lowest BCUT2D eigenvalue weighted by Crippen LogP contribution is -2.44. The number of fused-ring (bicyclic) bond motifs is 2. The smallest absolute Gasteiger partial charge is 0.227 e. The van der Waals surface area contributed by atoms with Gasteiger partial charge in [-0.1, -0.05) is 0 Å². The van der Waals surface area contributed by atoms with Crippen LogP contribution in [0, 0.1) is 11.6 Å². The van der Waals surface area contributed by atoms with Crippen LogP contribution >= 0.6 is 0 Å². The molecule has 2 saturated heterocycles. The molecule has 0 radical (unpaired) electrons. The predicted molar refractivity (Wildman–Crippen MR) is 121 cm³/mol. The summed E-state index contributed by atoms with van der Waals surface area (Å²) in [6, 6.07) is 9.41. The molecule has 2 atom stereocenters. The van der Waals surface area contributed by atoms with Gasteiger partial charge in [-0.15, -0.1) is 0 Å². The summed E-state index contributed by atoms with van der Waals surface area (Å²) < 4.78 is 29.3. The largest absolute Gasteiger partial charge is 0.363 e. The molecule has 0 spiro atoms. The number of likely N-dealkylation sites (tertiary alicyclic amines) is 1. The van der Waals surface area contributed by atoms with Gasteiger partial charge in [0.1, 0.15) is 17.3 Å². The van der Waals surface area contributed by atoms with E-state index >= 15 is 0 Å². The number of piperazine rings is 1. The van der Waals surface area contributed by atoms with Crippen LogP contribution in [0.1, 0.15) is 6.42 Å². The highest BCUT2D eigenvalue weighted by Gasteiger charge is 2.42. The van der Waals surface area contributed by atoms with Crippen LogP contribution in [0.4, 0.5) is 31.9 Å². The Hall–Kier alpha value is -3.33. The Kier molecular flexibility index (Phi) is 5.13. The average molecular weight is 437 g/mol. The van der Waals surface area contributed by atoms with Gasteiger partial charge in [0.15, 0.2) is 5.82 Å². The molecule has 0 unspecified atom stereocenters. The summed E-state index contributed by atoms with van der Waals surface area (Å²) in [5.74, 6) is 0.101. The van der Waals surface area contributed by atoms with Gasteiger partial charge in [-0.25, -0.2) is 23.7 Å². The molecule has 0 saturated carbocycles. The zero-order valence-corrected chi connectivity index (χ0v) is 18.3. The van der Waals surface area contributed by atoms with E-state index < -0.39 is 5.82 Å². The Bertz CT molecular complexity index is 1130. The Balaban J connectivity index is 1.35. The number of anilines is 4. The van der Waals surface area contributed by atoms with Gasteiger partial charge >= 0.3 is 0 Å². The fourth-order valence-corrected chi connectivity index (χ4v) is 4.53. The number of rotatable bonds is 5. The van der Waals surface area contributed by atoms with Crippen LogP contribution in [0.3, 0.4) is 0 Å². The van der Waals surface area contributed by atoms with Gasteiger partial charge in [0.05, 0.1) is 11.9 Å². The van der Waals surface area contributed by atoms with Gasteiger partial charge < -0.3 is 15.1 Å². The molecule has 4 heterocycles. The number of nitrogens with zero attached hydrogens (tertiary/aromatic N) is 6. The molecule has 5 rings (SSSR count). The number of halogens is 2. The van der Waals surface area contributed by atoms with E-state index in [-0.39, 0.29) is 17.5 Å². The van der Waals surface area contributed by atoms with Crippen molar-refractivity contribution < 1.29 is 8.78 Å². The van der Waals surface area contributed by atoms with Crippen molar-refractivity contribution in [2.45, 2.75) is 18.5 Å². The van der Waals surface area contributed by atoms with Crippen LogP contribution in [0.2, 0.25) is 0 Å². The predicted octanol–water partition coefficient (Wildman–Crippen LogP) is 3.52. The molecular formula is C23H25F2N7. The SMILES string of the molecule is CN(C)c1ccc(-c2nc(Nc3ccc(N4C[C@@H]5C[C@H]4CN5C)c(F)c3)ncc2F)cn1. The standard InChI is InChI=1S/C23H25F2N7/c1-30(2)21-7-4-14(10-26-21)22-19(25)11-27-23(29-22)28-15-5-6-20(18(24)8-15)32-13-16-9-17(32)12-31(16)3/h4-8,10-11,16-17H,9,12-13H2,1-3H3,(H,27,28,29)/t16-,17-/m0/s1. The second-order valence-electron chi connectivity index (χ2n) is 8.62. The van der Waals surface area contributed by atoms with E-state index in [1.54, 1.807) is 30.5 Å². The maximum atomic E-state index is 14.9. The van der Waals surface area contributed by atoms with Crippen LogP contribution < -0.4 is 15.1 Å². The molecule has 2 aromatic heterocycles. The number of hydrogen-bond acceptors (Lipinski definition) is 7. The van der Waals surface area contributed by atoms with E-state index in [1.165, 1.54) is 6.07 Å². The molecule has 2 aliphatic heterocycles. The average Bonchev–Trinajstić information content (AvgIpc) is 3.35. The minimum atomic E-state index is -0.550. The second-order valence-corrected chi connectivity index (χ2v) is 8.62. The van der Waals surface area contributed by atoms with E-state index in [0.29, 0.717) is 29.0 Å². The van der Waals surface area contributed by atoms with E-state index in [2.05, 4.69) is 37.1 Å². The Morgan fingerprint density at radius 2 is 1.84 bits per heavy atom. The maximum Gasteiger partial charge on any atom is 0.227 e. The van der Waals surface area contributed by atoms with E-state index in [0.717, 1.165) is 31.5 Å². The first-order valence-electron chi connectivity index (χ1n) is 10.6. The highest BCUT2D eigenvalue weighted by molar-refractivity contribution is 5.65. The molecule has 2 fully saturated rings. The second kappa shape index (κ2) is 7.98. The van der Waals surface area contributed by atoms with E-state index in [1.807, 2.05) is 19.0 Å². The van der Waals surface area contributed by atoms with Crippen LogP contribution in [0.25, 0.3) is 11.3 Å². The molecule has 1 aromatic carbocycles. The molecular weight excluding hydrogens is 412 g/mol. The van der Waals surface area contributed by atoms with Crippen molar-refractivity contribution in [1.29, 1.82) is 0 Å². The lowest BCUT2D eigenvalue weighted by Gasteiger charge is -2.33. The van der Waals surface area contributed by atoms with Crippen molar-refractivity contribution in [2.75, 3.05) is 49.3 Å². The topological polar surface area (TPSA) is 60.4 Å². The molecule has 3 aromatic rings. The zero-order valence-electron chi connectivity index (χ0n) is 18.3. The highest BCUT2D eigenvalue weighted by Crippen LogP contribution is 2.36. The van der Waals surface area contributed by atoms with Crippen molar-refractivity contribution >= 4 is 23.1 Å². The minimum absolute atomic E-state index is 0.134. The molecule has 2 bridgehead atoms. The van der Waals surface area contributed by atoms with Gasteiger partial charge in [-0.3, -0.25) is 4.90 Å². The zero-order chi connectivity index (χ0) is 22.4. The van der Waals surface area contributed by atoms with Gasteiger partial charge in [0.2, 0.25) is 5.95 Å². The van der Waals surface area contributed by atoms with Gasteiger partial charge in [0.25, 0.3) is 0 Å². The van der Waals surface area contributed by atoms with Crippen molar-refractivity contribution in [3.8, 4) is 11.3 Å².